The van der Waals surface area contributed by atoms with Gasteiger partial charge in [0.25, 0.3) is 0 Å². The summed E-state index contributed by atoms with van der Waals surface area (Å²) in [5, 5.41) is 15.5. The lowest BCUT2D eigenvalue weighted by atomic mass is 10.2. The molecule has 0 fully saturated rings. The van der Waals surface area contributed by atoms with Gasteiger partial charge >= 0.3 is 0 Å². The van der Waals surface area contributed by atoms with E-state index in [4.69, 9.17) is 16.7 Å². The number of nitrogens with zero attached hydrogens (tertiary/aromatic N) is 1. The van der Waals surface area contributed by atoms with Crippen LogP contribution in [0.5, 0.6) is 0 Å². The van der Waals surface area contributed by atoms with E-state index in [2.05, 4.69) is 10.3 Å². The summed E-state index contributed by atoms with van der Waals surface area (Å²) >= 11 is 7.37. The third-order valence-electron chi connectivity index (χ3n) is 1.92. The molecule has 0 bridgehead atoms. The Hall–Kier alpha value is -1.10. The number of thiazole rings is 1. The maximum atomic E-state index is 9.14. The number of halogens is 1. The topological polar surface area (TPSA) is 45.1 Å². The molecule has 0 radical (unpaired) electrons. The Bertz CT molecular complexity index is 445. The molecule has 2 aromatic rings. The molecule has 0 saturated carbocycles. The van der Waals surface area contributed by atoms with E-state index in [0.29, 0.717) is 5.02 Å². The van der Waals surface area contributed by atoms with Crippen LogP contribution in [0, 0.1) is 0 Å². The first kappa shape index (κ1) is 10.4. The second-order valence-corrected chi connectivity index (χ2v) is 4.25. The van der Waals surface area contributed by atoms with Crippen molar-refractivity contribution >= 4 is 33.8 Å². The zero-order valence-electron chi connectivity index (χ0n) is 7.77. The van der Waals surface area contributed by atoms with Crippen LogP contribution in [-0.2, 0) is 6.61 Å². The van der Waals surface area contributed by atoms with Crippen LogP contribution in [0.2, 0.25) is 5.02 Å². The van der Waals surface area contributed by atoms with Crippen LogP contribution in [0.15, 0.2) is 29.8 Å². The molecule has 0 amide bonds. The lowest BCUT2D eigenvalue weighted by molar-refractivity contribution is 0.282. The Balaban J connectivity index is 2.30. The average Bonchev–Trinajstić information content (AvgIpc) is 2.71. The van der Waals surface area contributed by atoms with E-state index in [1.807, 2.05) is 5.38 Å². The van der Waals surface area contributed by atoms with Crippen molar-refractivity contribution in [3.63, 3.8) is 0 Å². The second-order valence-electron chi connectivity index (χ2n) is 2.92. The molecule has 78 valence electrons. The fourth-order valence-corrected chi connectivity index (χ4v) is 1.92. The summed E-state index contributed by atoms with van der Waals surface area (Å²) in [7, 11) is 0. The SMILES string of the molecule is OCc1ccc(Cl)cc1Nc1nccs1. The Morgan fingerprint density at radius 3 is 3.00 bits per heavy atom. The Morgan fingerprint density at radius 2 is 2.33 bits per heavy atom. The molecule has 0 spiro atoms. The van der Waals surface area contributed by atoms with Crippen molar-refractivity contribution < 1.29 is 5.11 Å². The van der Waals surface area contributed by atoms with Gasteiger partial charge in [0, 0.05) is 27.9 Å². The normalized spacial score (nSPS) is 10.3. The summed E-state index contributed by atoms with van der Waals surface area (Å²) < 4.78 is 0. The number of benzene rings is 1. The van der Waals surface area contributed by atoms with Gasteiger partial charge in [-0.2, -0.15) is 0 Å². The van der Waals surface area contributed by atoms with Crippen molar-refractivity contribution in [2.75, 3.05) is 5.32 Å². The zero-order chi connectivity index (χ0) is 10.7. The number of hydrogen-bond acceptors (Lipinski definition) is 4. The monoisotopic (exact) mass is 240 g/mol. The summed E-state index contributed by atoms with van der Waals surface area (Å²) in [6, 6.07) is 5.31. The standard InChI is InChI=1S/C10H9ClN2OS/c11-8-2-1-7(6-14)9(5-8)13-10-12-3-4-15-10/h1-5,14H,6H2,(H,12,13). The van der Waals surface area contributed by atoms with Gasteiger partial charge in [0.05, 0.1) is 6.61 Å². The Morgan fingerprint density at radius 1 is 1.47 bits per heavy atom. The highest BCUT2D eigenvalue weighted by atomic mass is 35.5. The van der Waals surface area contributed by atoms with Crippen molar-refractivity contribution in [2.45, 2.75) is 6.61 Å². The molecule has 5 heteroatoms. The van der Waals surface area contributed by atoms with Gasteiger partial charge in [-0.15, -0.1) is 11.3 Å². The van der Waals surface area contributed by atoms with Gasteiger partial charge in [-0.3, -0.25) is 0 Å². The van der Waals surface area contributed by atoms with Gasteiger partial charge in [0.15, 0.2) is 5.13 Å². The van der Waals surface area contributed by atoms with Crippen molar-refractivity contribution in [3.8, 4) is 0 Å². The molecule has 3 nitrogen and oxygen atoms in total. The molecular weight excluding hydrogens is 232 g/mol. The number of aromatic nitrogens is 1. The summed E-state index contributed by atoms with van der Waals surface area (Å²) in [6.45, 7) is -0.0229. The fraction of sp³-hybridized carbons (Fsp3) is 0.100. The first-order valence-corrected chi connectivity index (χ1v) is 5.61. The highest BCUT2D eigenvalue weighted by Crippen LogP contribution is 2.25. The molecule has 0 atom stereocenters. The number of anilines is 2. The number of nitrogens with one attached hydrogen (secondary N) is 1. The molecule has 1 aromatic heterocycles. The van der Waals surface area contributed by atoms with Crippen LogP contribution in [0.3, 0.4) is 0 Å². The Labute approximate surface area is 96.4 Å². The third kappa shape index (κ3) is 2.47. The van der Waals surface area contributed by atoms with E-state index in [1.54, 1.807) is 24.4 Å². The lowest BCUT2D eigenvalue weighted by Crippen LogP contribution is -1.95. The minimum absolute atomic E-state index is 0.0229. The molecular formula is C10H9ClN2OS. The predicted octanol–water partition coefficient (Wildman–Crippen LogP) is 3.03. The van der Waals surface area contributed by atoms with E-state index < -0.39 is 0 Å². The summed E-state index contributed by atoms with van der Waals surface area (Å²) in [4.78, 5) is 4.10. The van der Waals surface area contributed by atoms with Crippen LogP contribution in [0.25, 0.3) is 0 Å². The predicted molar refractivity (Wildman–Crippen MR) is 62.8 cm³/mol. The largest absolute Gasteiger partial charge is 0.392 e. The minimum Gasteiger partial charge on any atom is -0.392 e. The summed E-state index contributed by atoms with van der Waals surface area (Å²) in [5.41, 5.74) is 1.59. The number of rotatable bonds is 3. The molecule has 1 aromatic carbocycles. The average molecular weight is 241 g/mol. The fourth-order valence-electron chi connectivity index (χ4n) is 1.20. The highest BCUT2D eigenvalue weighted by molar-refractivity contribution is 7.13. The van der Waals surface area contributed by atoms with Crippen LogP contribution in [0.4, 0.5) is 10.8 Å². The molecule has 0 unspecified atom stereocenters. The molecule has 0 aliphatic rings. The molecule has 0 aliphatic heterocycles. The van der Waals surface area contributed by atoms with Crippen LogP contribution >= 0.6 is 22.9 Å². The van der Waals surface area contributed by atoms with Crippen molar-refractivity contribution in [1.82, 2.24) is 4.98 Å². The van der Waals surface area contributed by atoms with E-state index >= 15 is 0 Å². The molecule has 15 heavy (non-hydrogen) atoms. The van der Waals surface area contributed by atoms with Gasteiger partial charge in [-0.05, 0) is 12.1 Å². The molecule has 2 N–H and O–H groups in total. The molecule has 2 rings (SSSR count). The van der Waals surface area contributed by atoms with Gasteiger partial charge in [0.2, 0.25) is 0 Å². The maximum absolute atomic E-state index is 9.14. The van der Waals surface area contributed by atoms with Crippen molar-refractivity contribution in [3.05, 3.63) is 40.4 Å². The molecule has 0 saturated heterocycles. The van der Waals surface area contributed by atoms with Crippen molar-refractivity contribution in [1.29, 1.82) is 0 Å². The van der Waals surface area contributed by atoms with Gasteiger partial charge in [-0.25, -0.2) is 4.98 Å². The number of aliphatic hydroxyl groups is 1. The van der Waals surface area contributed by atoms with Crippen LogP contribution in [-0.4, -0.2) is 10.1 Å². The van der Waals surface area contributed by atoms with Crippen LogP contribution in [0.1, 0.15) is 5.56 Å². The van der Waals surface area contributed by atoms with Crippen LogP contribution < -0.4 is 5.32 Å². The smallest absolute Gasteiger partial charge is 0.187 e. The first-order valence-electron chi connectivity index (χ1n) is 4.35. The Kier molecular flexibility index (Phi) is 3.20. The van der Waals surface area contributed by atoms with E-state index in [1.165, 1.54) is 11.3 Å². The molecule has 0 aliphatic carbocycles. The van der Waals surface area contributed by atoms with E-state index in [-0.39, 0.29) is 6.61 Å². The van der Waals surface area contributed by atoms with E-state index in [9.17, 15) is 0 Å². The first-order chi connectivity index (χ1) is 7.29. The number of aliphatic hydroxyl groups excluding tert-OH is 1. The minimum atomic E-state index is -0.0229. The quantitative estimate of drug-likeness (QED) is 0.867. The zero-order valence-corrected chi connectivity index (χ0v) is 9.35. The summed E-state index contributed by atoms with van der Waals surface area (Å²) in [6.07, 6.45) is 1.72. The summed E-state index contributed by atoms with van der Waals surface area (Å²) in [5.74, 6) is 0. The maximum Gasteiger partial charge on any atom is 0.187 e. The number of hydrogen-bond donors (Lipinski definition) is 2. The van der Waals surface area contributed by atoms with Gasteiger partial charge in [0.1, 0.15) is 0 Å². The second kappa shape index (κ2) is 4.61. The van der Waals surface area contributed by atoms with E-state index in [0.717, 1.165) is 16.4 Å². The van der Waals surface area contributed by atoms with Gasteiger partial charge < -0.3 is 10.4 Å². The van der Waals surface area contributed by atoms with Gasteiger partial charge in [-0.1, -0.05) is 17.7 Å². The lowest BCUT2D eigenvalue weighted by Gasteiger charge is -2.08. The highest BCUT2D eigenvalue weighted by Gasteiger charge is 2.04. The van der Waals surface area contributed by atoms with Crippen molar-refractivity contribution in [2.24, 2.45) is 0 Å². The molecule has 1 heterocycles. The third-order valence-corrected chi connectivity index (χ3v) is 2.84.